The second-order valence-electron chi connectivity index (χ2n) is 10.7. The third-order valence-corrected chi connectivity index (χ3v) is 8.93. The van der Waals surface area contributed by atoms with Crippen molar-refractivity contribution in [3.05, 3.63) is 24.3 Å². The molecule has 1 saturated carbocycles. The summed E-state index contributed by atoms with van der Waals surface area (Å²) in [5.41, 5.74) is 2.50. The Morgan fingerprint density at radius 2 is 1.53 bits per heavy atom. The van der Waals surface area contributed by atoms with Gasteiger partial charge in [-0.1, -0.05) is 13.8 Å². The average Bonchev–Trinajstić information content (AvgIpc) is 2.66. The van der Waals surface area contributed by atoms with Crippen LogP contribution in [0.25, 0.3) is 0 Å². The second-order valence-corrected chi connectivity index (χ2v) is 13.2. The fraction of sp³-hybridized carbons (Fsp3) is 0.750. The Morgan fingerprint density at radius 3 is 2.07 bits per heavy atom. The zero-order valence-electron chi connectivity index (χ0n) is 19.4. The third kappa shape index (κ3) is 6.13. The summed E-state index contributed by atoms with van der Waals surface area (Å²) in [5, 5.41) is 3.59. The molecule has 1 saturated heterocycles. The van der Waals surface area contributed by atoms with Crippen molar-refractivity contribution in [2.45, 2.75) is 77.5 Å². The lowest BCUT2D eigenvalue weighted by Crippen LogP contribution is -2.46. The van der Waals surface area contributed by atoms with Gasteiger partial charge in [0.2, 0.25) is 10.0 Å². The summed E-state index contributed by atoms with van der Waals surface area (Å²) >= 11 is 0. The van der Waals surface area contributed by atoms with E-state index in [-0.39, 0.29) is 6.04 Å². The number of nitrogens with zero attached hydrogens (tertiary/aromatic N) is 1. The van der Waals surface area contributed by atoms with E-state index in [1.165, 1.54) is 17.8 Å². The Labute approximate surface area is 184 Å². The monoisotopic (exact) mass is 435 g/mol. The van der Waals surface area contributed by atoms with Crippen molar-refractivity contribution >= 4 is 21.4 Å². The molecule has 0 unspecified atom stereocenters. The highest BCUT2D eigenvalue weighted by Crippen LogP contribution is 2.29. The normalized spacial score (nSPS) is 28.4. The van der Waals surface area contributed by atoms with Crippen LogP contribution in [0.5, 0.6) is 0 Å². The average molecular weight is 436 g/mol. The van der Waals surface area contributed by atoms with Crippen LogP contribution in [0.3, 0.4) is 0 Å². The van der Waals surface area contributed by atoms with E-state index >= 15 is 0 Å². The zero-order valence-corrected chi connectivity index (χ0v) is 20.3. The van der Waals surface area contributed by atoms with Crippen LogP contribution in [0.15, 0.2) is 24.3 Å². The molecule has 3 rings (SSSR count). The summed E-state index contributed by atoms with van der Waals surface area (Å²) in [4.78, 5) is 2.52. The highest BCUT2D eigenvalue weighted by atomic mass is 32.2. The first-order chi connectivity index (χ1) is 14.0. The van der Waals surface area contributed by atoms with Crippen molar-refractivity contribution in [3.8, 4) is 0 Å². The van der Waals surface area contributed by atoms with Gasteiger partial charge in [0.25, 0.3) is 0 Å². The molecule has 1 aliphatic heterocycles. The Kier molecular flexibility index (Phi) is 7.39. The van der Waals surface area contributed by atoms with Gasteiger partial charge in [0.15, 0.2) is 0 Å². The molecular weight excluding hydrogens is 394 g/mol. The number of benzene rings is 1. The molecule has 2 atom stereocenters. The van der Waals surface area contributed by atoms with Gasteiger partial charge >= 0.3 is 0 Å². The Morgan fingerprint density at radius 1 is 0.967 bits per heavy atom. The molecule has 30 heavy (non-hydrogen) atoms. The van der Waals surface area contributed by atoms with Crippen molar-refractivity contribution < 1.29 is 8.42 Å². The minimum absolute atomic E-state index is 0.0825. The molecule has 0 aromatic heterocycles. The van der Waals surface area contributed by atoms with E-state index in [0.717, 1.165) is 57.2 Å². The molecule has 1 aromatic carbocycles. The molecule has 5 nitrogen and oxygen atoms in total. The highest BCUT2D eigenvalue weighted by molar-refractivity contribution is 7.90. The molecule has 170 valence electrons. The van der Waals surface area contributed by atoms with Gasteiger partial charge in [0.1, 0.15) is 0 Å². The fourth-order valence-electron chi connectivity index (χ4n) is 4.81. The molecule has 1 aliphatic carbocycles. The van der Waals surface area contributed by atoms with Gasteiger partial charge in [0, 0.05) is 37.1 Å². The summed E-state index contributed by atoms with van der Waals surface area (Å²) < 4.78 is 26.9. The minimum atomic E-state index is -3.26. The Hall–Kier alpha value is -1.27. The van der Waals surface area contributed by atoms with Gasteiger partial charge in [-0.05, 0) is 94.9 Å². The highest BCUT2D eigenvalue weighted by Gasteiger charge is 2.32. The first-order valence-corrected chi connectivity index (χ1v) is 13.1. The van der Waals surface area contributed by atoms with E-state index in [1.807, 2.05) is 0 Å². The predicted octanol–water partition coefficient (Wildman–Crippen LogP) is 4.86. The van der Waals surface area contributed by atoms with Crippen LogP contribution in [-0.4, -0.2) is 38.8 Å². The van der Waals surface area contributed by atoms with Crippen LogP contribution >= 0.6 is 0 Å². The number of sulfonamides is 1. The molecule has 1 aromatic rings. The van der Waals surface area contributed by atoms with Crippen molar-refractivity contribution in [2.75, 3.05) is 29.9 Å². The second kappa shape index (κ2) is 9.47. The summed E-state index contributed by atoms with van der Waals surface area (Å²) in [7, 11) is -3.26. The molecule has 2 N–H and O–H groups in total. The number of rotatable bonds is 6. The maximum absolute atomic E-state index is 12.4. The standard InChI is InChI=1S/C24H41N3O2S/c1-18-14-19(2)17-27(16-18)23-12-10-21(11-13-23)25-15-20-6-8-22(9-7-20)26-30(28,29)24(3,4)5/h10-13,18-20,22,25-26H,6-9,14-17H2,1-5H3/t18-,19+,20-,22-. The van der Waals surface area contributed by atoms with E-state index in [1.54, 1.807) is 20.8 Å². The quantitative estimate of drug-likeness (QED) is 0.670. The lowest BCUT2D eigenvalue weighted by atomic mass is 9.86. The fourth-order valence-corrected chi connectivity index (χ4v) is 5.83. The van der Waals surface area contributed by atoms with Crippen molar-refractivity contribution in [1.82, 2.24) is 4.72 Å². The predicted molar refractivity (Wildman–Crippen MR) is 128 cm³/mol. The molecule has 6 heteroatoms. The topological polar surface area (TPSA) is 61.4 Å². The van der Waals surface area contributed by atoms with Gasteiger partial charge in [-0.3, -0.25) is 0 Å². The van der Waals surface area contributed by atoms with E-state index in [0.29, 0.717) is 5.92 Å². The van der Waals surface area contributed by atoms with Crippen LogP contribution in [0, 0.1) is 17.8 Å². The number of hydrogen-bond donors (Lipinski definition) is 2. The van der Waals surface area contributed by atoms with Gasteiger partial charge in [-0.2, -0.15) is 0 Å². The number of anilines is 2. The third-order valence-electron chi connectivity index (χ3n) is 6.67. The van der Waals surface area contributed by atoms with E-state index < -0.39 is 14.8 Å². The van der Waals surface area contributed by atoms with Crippen LogP contribution < -0.4 is 14.9 Å². The van der Waals surface area contributed by atoms with Gasteiger partial charge < -0.3 is 10.2 Å². The minimum Gasteiger partial charge on any atom is -0.385 e. The lowest BCUT2D eigenvalue weighted by Gasteiger charge is -2.36. The van der Waals surface area contributed by atoms with Crippen molar-refractivity contribution in [1.29, 1.82) is 0 Å². The number of nitrogens with one attached hydrogen (secondary N) is 2. The van der Waals surface area contributed by atoms with Crippen molar-refractivity contribution in [2.24, 2.45) is 17.8 Å². The summed E-state index contributed by atoms with van der Waals surface area (Å²) in [6.07, 6.45) is 5.30. The van der Waals surface area contributed by atoms with Gasteiger partial charge in [-0.25, -0.2) is 13.1 Å². The Bertz CT molecular complexity index is 768. The van der Waals surface area contributed by atoms with E-state index in [4.69, 9.17) is 0 Å². The zero-order chi connectivity index (χ0) is 21.9. The van der Waals surface area contributed by atoms with E-state index in [2.05, 4.69) is 53.1 Å². The molecule has 2 aliphatic rings. The number of piperidine rings is 1. The van der Waals surface area contributed by atoms with Crippen LogP contribution in [-0.2, 0) is 10.0 Å². The molecule has 0 bridgehead atoms. The maximum atomic E-state index is 12.4. The first kappa shape index (κ1) is 23.4. The van der Waals surface area contributed by atoms with Gasteiger partial charge in [-0.15, -0.1) is 0 Å². The van der Waals surface area contributed by atoms with Gasteiger partial charge in [0.05, 0.1) is 4.75 Å². The molecular formula is C24H41N3O2S. The molecule has 0 radical (unpaired) electrons. The largest absolute Gasteiger partial charge is 0.385 e. The first-order valence-electron chi connectivity index (χ1n) is 11.6. The molecule has 0 amide bonds. The molecule has 1 heterocycles. The summed E-state index contributed by atoms with van der Waals surface area (Å²) in [6.45, 7) is 13.2. The number of hydrogen-bond acceptors (Lipinski definition) is 4. The van der Waals surface area contributed by atoms with E-state index in [9.17, 15) is 8.42 Å². The maximum Gasteiger partial charge on any atom is 0.216 e. The Balaban J connectivity index is 1.44. The van der Waals surface area contributed by atoms with Crippen molar-refractivity contribution in [3.63, 3.8) is 0 Å². The summed E-state index contributed by atoms with van der Waals surface area (Å²) in [6, 6.07) is 8.96. The lowest BCUT2D eigenvalue weighted by molar-refractivity contribution is 0.322. The van der Waals surface area contributed by atoms with Crippen LogP contribution in [0.2, 0.25) is 0 Å². The smallest absolute Gasteiger partial charge is 0.216 e. The SMILES string of the molecule is C[C@@H]1C[C@H](C)CN(c2ccc(NC[C@H]3CC[C@H](NS(=O)(=O)C(C)(C)C)CC3)cc2)C1. The molecule has 0 spiro atoms. The molecule has 2 fully saturated rings. The van der Waals surface area contributed by atoms with Crippen LogP contribution in [0.1, 0.15) is 66.7 Å². The summed E-state index contributed by atoms with van der Waals surface area (Å²) in [5.74, 6) is 2.12. The van der Waals surface area contributed by atoms with Crippen LogP contribution in [0.4, 0.5) is 11.4 Å².